The number of hydrogen-bond donors (Lipinski definition) is 1. The van der Waals surface area contributed by atoms with Gasteiger partial charge in [0.1, 0.15) is 5.75 Å². The Kier molecular flexibility index (Phi) is 5.27. The van der Waals surface area contributed by atoms with Gasteiger partial charge < -0.3 is 10.1 Å². The molecule has 0 fully saturated rings. The van der Waals surface area contributed by atoms with Crippen LogP contribution in [0.25, 0.3) is 6.08 Å². The Morgan fingerprint density at radius 1 is 0.840 bits per heavy atom. The minimum atomic E-state index is -0.0259. The number of rotatable bonds is 6. The number of anilines is 2. The summed E-state index contributed by atoms with van der Waals surface area (Å²) < 4.78 is 5.12. The normalized spacial score (nSPS) is 10.6. The van der Waals surface area contributed by atoms with Gasteiger partial charge in [-0.15, -0.1) is 0 Å². The van der Waals surface area contributed by atoms with E-state index in [1.165, 1.54) is 0 Å². The molecule has 0 saturated carbocycles. The van der Waals surface area contributed by atoms with Crippen LogP contribution < -0.4 is 10.1 Å². The molecule has 0 spiro atoms. The molecule has 3 aromatic rings. The van der Waals surface area contributed by atoms with Crippen LogP contribution >= 0.6 is 0 Å². The highest BCUT2D eigenvalue weighted by Gasteiger charge is 2.02. The lowest BCUT2D eigenvalue weighted by molar-refractivity contribution is 0.104. The van der Waals surface area contributed by atoms with Crippen molar-refractivity contribution in [2.45, 2.75) is 0 Å². The van der Waals surface area contributed by atoms with Crippen molar-refractivity contribution < 1.29 is 9.53 Å². The fourth-order valence-corrected chi connectivity index (χ4v) is 2.39. The zero-order chi connectivity index (χ0) is 17.5. The largest absolute Gasteiger partial charge is 0.497 e. The van der Waals surface area contributed by atoms with E-state index >= 15 is 0 Å². The molecule has 3 heteroatoms. The van der Waals surface area contributed by atoms with Crippen molar-refractivity contribution in [2.75, 3.05) is 12.4 Å². The number of nitrogens with one attached hydrogen (secondary N) is 1. The number of allylic oxidation sites excluding steroid dienone is 1. The second-order valence-electron chi connectivity index (χ2n) is 5.54. The molecule has 0 atom stereocenters. The summed E-state index contributed by atoms with van der Waals surface area (Å²) in [5, 5.41) is 3.30. The first-order valence-corrected chi connectivity index (χ1v) is 8.03. The first kappa shape index (κ1) is 16.5. The molecule has 1 N–H and O–H groups in total. The van der Waals surface area contributed by atoms with Gasteiger partial charge >= 0.3 is 0 Å². The fourth-order valence-electron chi connectivity index (χ4n) is 2.39. The smallest absolute Gasteiger partial charge is 0.185 e. The summed E-state index contributed by atoms with van der Waals surface area (Å²) in [4.78, 5) is 12.3. The molecule has 0 aromatic heterocycles. The molecule has 0 heterocycles. The SMILES string of the molecule is COc1ccc(/C=C\C(=O)c2ccc(Nc3ccccc3)cc2)cc1. The zero-order valence-corrected chi connectivity index (χ0v) is 14.0. The minimum absolute atomic E-state index is 0.0259. The Morgan fingerprint density at radius 3 is 2.12 bits per heavy atom. The number of ether oxygens (including phenoxy) is 1. The van der Waals surface area contributed by atoms with Crippen LogP contribution in [0.1, 0.15) is 15.9 Å². The van der Waals surface area contributed by atoms with Crippen molar-refractivity contribution in [3.63, 3.8) is 0 Å². The average molecular weight is 329 g/mol. The summed E-state index contributed by atoms with van der Waals surface area (Å²) in [5.41, 5.74) is 3.57. The van der Waals surface area contributed by atoms with Crippen LogP contribution in [0.3, 0.4) is 0 Å². The molecule has 124 valence electrons. The topological polar surface area (TPSA) is 38.3 Å². The van der Waals surface area contributed by atoms with Crippen molar-refractivity contribution in [2.24, 2.45) is 0 Å². The Morgan fingerprint density at radius 2 is 1.48 bits per heavy atom. The molecule has 3 rings (SSSR count). The van der Waals surface area contributed by atoms with Gasteiger partial charge in [0.25, 0.3) is 0 Å². The number of para-hydroxylation sites is 1. The van der Waals surface area contributed by atoms with Crippen LogP contribution in [-0.4, -0.2) is 12.9 Å². The molecule has 0 aliphatic rings. The standard InChI is InChI=1S/C22H19NO2/c1-25-21-14-7-17(8-15-21)9-16-22(24)18-10-12-20(13-11-18)23-19-5-3-2-4-6-19/h2-16,23H,1H3/b16-9-. The maximum absolute atomic E-state index is 12.3. The summed E-state index contributed by atoms with van der Waals surface area (Å²) in [6.45, 7) is 0. The van der Waals surface area contributed by atoms with Crippen molar-refractivity contribution in [3.8, 4) is 5.75 Å². The van der Waals surface area contributed by atoms with E-state index in [0.717, 1.165) is 22.7 Å². The fraction of sp³-hybridized carbons (Fsp3) is 0.0455. The highest BCUT2D eigenvalue weighted by Crippen LogP contribution is 2.17. The Hall–Kier alpha value is -3.33. The van der Waals surface area contributed by atoms with Crippen molar-refractivity contribution in [3.05, 3.63) is 96.1 Å². The molecule has 3 aromatic carbocycles. The molecule has 0 unspecified atom stereocenters. The van der Waals surface area contributed by atoms with E-state index in [1.807, 2.05) is 78.9 Å². The van der Waals surface area contributed by atoms with E-state index in [2.05, 4.69) is 5.32 Å². The molecular formula is C22H19NO2. The van der Waals surface area contributed by atoms with Gasteiger partial charge in [-0.3, -0.25) is 4.79 Å². The first-order chi connectivity index (χ1) is 12.2. The van der Waals surface area contributed by atoms with E-state index in [9.17, 15) is 4.79 Å². The van der Waals surface area contributed by atoms with E-state index in [0.29, 0.717) is 5.56 Å². The third-order valence-corrected chi connectivity index (χ3v) is 3.77. The van der Waals surface area contributed by atoms with Gasteiger partial charge in [0.15, 0.2) is 5.78 Å². The second kappa shape index (κ2) is 7.97. The van der Waals surface area contributed by atoms with Crippen molar-refractivity contribution >= 4 is 23.2 Å². The van der Waals surface area contributed by atoms with Crippen LogP contribution in [0.15, 0.2) is 84.9 Å². The Bertz CT molecular complexity index is 851. The van der Waals surface area contributed by atoms with Gasteiger partial charge in [0.05, 0.1) is 7.11 Å². The van der Waals surface area contributed by atoms with Crippen LogP contribution in [-0.2, 0) is 0 Å². The molecule has 3 nitrogen and oxygen atoms in total. The molecule has 0 aliphatic carbocycles. The monoisotopic (exact) mass is 329 g/mol. The molecule has 0 saturated heterocycles. The summed E-state index contributed by atoms with van der Waals surface area (Å²) in [6, 6.07) is 24.9. The first-order valence-electron chi connectivity index (χ1n) is 8.03. The highest BCUT2D eigenvalue weighted by molar-refractivity contribution is 6.07. The summed E-state index contributed by atoms with van der Waals surface area (Å²) in [6.07, 6.45) is 3.39. The molecule has 0 bridgehead atoms. The Balaban J connectivity index is 1.64. The lowest BCUT2D eigenvalue weighted by atomic mass is 10.1. The molecule has 0 amide bonds. The summed E-state index contributed by atoms with van der Waals surface area (Å²) >= 11 is 0. The molecular weight excluding hydrogens is 310 g/mol. The van der Waals surface area contributed by atoms with Crippen LogP contribution in [0.5, 0.6) is 5.75 Å². The number of carbonyl (C=O) groups excluding carboxylic acids is 1. The quantitative estimate of drug-likeness (QED) is 0.490. The van der Waals surface area contributed by atoms with Gasteiger partial charge in [-0.05, 0) is 60.2 Å². The number of ketones is 1. The highest BCUT2D eigenvalue weighted by atomic mass is 16.5. The van der Waals surface area contributed by atoms with Gasteiger partial charge in [0.2, 0.25) is 0 Å². The van der Waals surface area contributed by atoms with Gasteiger partial charge in [-0.25, -0.2) is 0 Å². The van der Waals surface area contributed by atoms with Crippen molar-refractivity contribution in [1.82, 2.24) is 0 Å². The second-order valence-corrected chi connectivity index (χ2v) is 5.54. The van der Waals surface area contributed by atoms with E-state index in [-0.39, 0.29) is 5.78 Å². The van der Waals surface area contributed by atoms with Crippen molar-refractivity contribution in [1.29, 1.82) is 0 Å². The molecule has 0 aliphatic heterocycles. The third kappa shape index (κ3) is 4.58. The minimum Gasteiger partial charge on any atom is -0.497 e. The predicted octanol–water partition coefficient (Wildman–Crippen LogP) is 5.33. The van der Waals surface area contributed by atoms with Crippen LogP contribution in [0, 0.1) is 0 Å². The number of hydrogen-bond acceptors (Lipinski definition) is 3. The van der Waals surface area contributed by atoms with Gasteiger partial charge in [-0.2, -0.15) is 0 Å². The lowest BCUT2D eigenvalue weighted by Gasteiger charge is -2.06. The number of carbonyl (C=O) groups is 1. The third-order valence-electron chi connectivity index (χ3n) is 3.77. The van der Waals surface area contributed by atoms with E-state index < -0.39 is 0 Å². The lowest BCUT2D eigenvalue weighted by Crippen LogP contribution is -1.95. The number of benzene rings is 3. The van der Waals surface area contributed by atoms with Gasteiger partial charge in [-0.1, -0.05) is 36.4 Å². The summed E-state index contributed by atoms with van der Waals surface area (Å²) in [5.74, 6) is 0.770. The molecule has 25 heavy (non-hydrogen) atoms. The van der Waals surface area contributed by atoms with Crippen LogP contribution in [0.2, 0.25) is 0 Å². The summed E-state index contributed by atoms with van der Waals surface area (Å²) in [7, 11) is 1.63. The predicted molar refractivity (Wildman–Crippen MR) is 103 cm³/mol. The maximum Gasteiger partial charge on any atom is 0.185 e. The maximum atomic E-state index is 12.3. The number of methoxy groups -OCH3 is 1. The van der Waals surface area contributed by atoms with E-state index in [1.54, 1.807) is 19.3 Å². The average Bonchev–Trinajstić information content (AvgIpc) is 2.68. The van der Waals surface area contributed by atoms with Crippen LogP contribution in [0.4, 0.5) is 11.4 Å². The van der Waals surface area contributed by atoms with Gasteiger partial charge in [0, 0.05) is 16.9 Å². The Labute approximate surface area is 147 Å². The van der Waals surface area contributed by atoms with E-state index in [4.69, 9.17) is 4.74 Å². The molecule has 0 radical (unpaired) electrons. The zero-order valence-electron chi connectivity index (χ0n) is 14.0.